The molecule has 1 amide bonds. The van der Waals surface area contributed by atoms with Crippen LogP contribution in [0.5, 0.6) is 0 Å². The highest BCUT2D eigenvalue weighted by molar-refractivity contribution is 5.90. The molecule has 2 aromatic rings. The number of aliphatic carboxylic acids is 4. The maximum atomic E-state index is 12.9. The molecule has 0 radical (unpaired) electrons. The van der Waals surface area contributed by atoms with Crippen molar-refractivity contribution in [1.82, 2.24) is 14.7 Å². The van der Waals surface area contributed by atoms with E-state index in [0.717, 1.165) is 55.0 Å². The summed E-state index contributed by atoms with van der Waals surface area (Å²) in [6, 6.07) is 17.2. The largest absolute Gasteiger partial charge is 0.478 e. The molecule has 5 rings (SSSR count). The van der Waals surface area contributed by atoms with E-state index in [-0.39, 0.29) is 24.1 Å². The number of ether oxygens (including phenoxy) is 2. The van der Waals surface area contributed by atoms with Crippen LogP contribution in [0.2, 0.25) is 0 Å². The van der Waals surface area contributed by atoms with Gasteiger partial charge in [0.15, 0.2) is 0 Å². The van der Waals surface area contributed by atoms with Crippen molar-refractivity contribution in [2.45, 2.75) is 51.7 Å². The van der Waals surface area contributed by atoms with Crippen molar-refractivity contribution < 1.29 is 53.9 Å². The summed E-state index contributed by atoms with van der Waals surface area (Å²) < 4.78 is 13.4. The van der Waals surface area contributed by atoms with Crippen molar-refractivity contribution in [3.8, 4) is 0 Å². The zero-order valence-electron chi connectivity index (χ0n) is 29.8. The van der Waals surface area contributed by atoms with Crippen molar-refractivity contribution in [2.24, 2.45) is 0 Å². The Morgan fingerprint density at radius 3 is 1.52 bits per heavy atom. The van der Waals surface area contributed by atoms with Crippen LogP contribution in [0.25, 0.3) is 12.2 Å². The number of fused-ring (bicyclic) bond motifs is 4. The topological polar surface area (TPSA) is 194 Å². The molecule has 52 heavy (non-hydrogen) atoms. The van der Waals surface area contributed by atoms with Crippen molar-refractivity contribution in [1.29, 1.82) is 0 Å². The highest BCUT2D eigenvalue weighted by Gasteiger charge is 2.48. The molecule has 14 heteroatoms. The molecule has 2 aliphatic heterocycles. The van der Waals surface area contributed by atoms with E-state index in [4.69, 9.17) is 29.9 Å². The molecule has 4 N–H and O–H groups in total. The predicted octanol–water partition coefficient (Wildman–Crippen LogP) is 3.47. The van der Waals surface area contributed by atoms with Gasteiger partial charge in [0.05, 0.1) is 19.3 Å². The molecule has 1 spiro atoms. The first-order chi connectivity index (χ1) is 24.6. The minimum Gasteiger partial charge on any atom is -0.478 e. The van der Waals surface area contributed by atoms with Crippen molar-refractivity contribution in [3.05, 3.63) is 95.1 Å². The van der Waals surface area contributed by atoms with Gasteiger partial charge < -0.3 is 34.8 Å². The summed E-state index contributed by atoms with van der Waals surface area (Å²) in [5.41, 5.74) is 4.39. The van der Waals surface area contributed by atoms with Gasteiger partial charge in [0, 0.05) is 80.2 Å². The third-order valence-electron chi connectivity index (χ3n) is 8.30. The smallest absolute Gasteiger partial charge is 0.328 e. The van der Waals surface area contributed by atoms with Crippen LogP contribution >= 0.6 is 0 Å². The first-order valence-corrected chi connectivity index (χ1v) is 16.9. The molecule has 2 heterocycles. The molecule has 280 valence electrons. The van der Waals surface area contributed by atoms with Gasteiger partial charge in [-0.3, -0.25) is 14.6 Å². The Hall–Kier alpha value is -5.15. The van der Waals surface area contributed by atoms with Crippen molar-refractivity contribution in [3.63, 3.8) is 0 Å². The zero-order valence-corrected chi connectivity index (χ0v) is 29.8. The van der Waals surface area contributed by atoms with Gasteiger partial charge >= 0.3 is 23.9 Å². The fourth-order valence-electron chi connectivity index (χ4n) is 6.24. The summed E-state index contributed by atoms with van der Waals surface area (Å²) in [6.45, 7) is 13.9. The number of nitrogens with zero attached hydrogens (tertiary/aromatic N) is 3. The van der Waals surface area contributed by atoms with Crippen LogP contribution in [0.4, 0.5) is 0 Å². The number of carboxylic acid groups (broad SMARTS) is 4. The fourth-order valence-corrected chi connectivity index (χ4v) is 6.24. The van der Waals surface area contributed by atoms with E-state index in [1.165, 1.54) is 0 Å². The van der Waals surface area contributed by atoms with Gasteiger partial charge in [0.25, 0.3) is 0 Å². The van der Waals surface area contributed by atoms with Crippen LogP contribution in [-0.2, 0) is 39.2 Å². The molecule has 1 unspecified atom stereocenters. The fraction of sp³-hybridized carbons (Fsp3) is 0.395. The summed E-state index contributed by atoms with van der Waals surface area (Å²) in [5.74, 6) is -5.69. The average Bonchev–Trinajstić information content (AvgIpc) is 3.45. The quantitative estimate of drug-likeness (QED) is 0.261. The lowest BCUT2D eigenvalue weighted by molar-refractivity contribution is -0.145. The summed E-state index contributed by atoms with van der Waals surface area (Å²) in [5, 5.41) is 31.2. The number of carbonyl (C=O) groups is 5. The Kier molecular flexibility index (Phi) is 15.4. The lowest BCUT2D eigenvalue weighted by atomic mass is 9.93. The van der Waals surface area contributed by atoms with Gasteiger partial charge in [-0.2, -0.15) is 0 Å². The van der Waals surface area contributed by atoms with Gasteiger partial charge in [0.1, 0.15) is 0 Å². The third-order valence-corrected chi connectivity index (χ3v) is 8.30. The molecule has 3 aliphatic rings. The van der Waals surface area contributed by atoms with Gasteiger partial charge in [-0.25, -0.2) is 19.2 Å². The summed E-state index contributed by atoms with van der Waals surface area (Å²) in [6.07, 6.45) is 6.52. The molecule has 2 aromatic carbocycles. The van der Waals surface area contributed by atoms with Crippen LogP contribution in [0.3, 0.4) is 0 Å². The molecule has 2 saturated heterocycles. The minimum atomic E-state index is -1.26. The molecule has 0 aromatic heterocycles. The van der Waals surface area contributed by atoms with Crippen LogP contribution in [0, 0.1) is 0 Å². The Morgan fingerprint density at radius 2 is 1.12 bits per heavy atom. The normalized spacial score (nSPS) is 17.8. The van der Waals surface area contributed by atoms with E-state index in [0.29, 0.717) is 37.5 Å². The molecule has 0 bridgehead atoms. The van der Waals surface area contributed by atoms with E-state index in [2.05, 4.69) is 98.2 Å². The molecular formula is C38H47N3O11. The summed E-state index contributed by atoms with van der Waals surface area (Å²) >= 11 is 0. The molecule has 0 saturated carbocycles. The average molecular weight is 722 g/mol. The number of hydrogen-bond acceptors (Lipinski definition) is 9. The predicted molar refractivity (Wildman–Crippen MR) is 192 cm³/mol. The van der Waals surface area contributed by atoms with Crippen LogP contribution in [0.15, 0.2) is 72.8 Å². The third kappa shape index (κ3) is 12.0. The van der Waals surface area contributed by atoms with Gasteiger partial charge in [-0.05, 0) is 38.8 Å². The van der Waals surface area contributed by atoms with E-state index in [1.807, 2.05) is 4.90 Å². The highest BCUT2D eigenvalue weighted by atomic mass is 16.7. The Morgan fingerprint density at radius 1 is 0.712 bits per heavy atom. The monoisotopic (exact) mass is 721 g/mol. The van der Waals surface area contributed by atoms with Gasteiger partial charge in [-0.15, -0.1) is 0 Å². The Bertz CT molecular complexity index is 1540. The lowest BCUT2D eigenvalue weighted by Crippen LogP contribution is -2.53. The van der Waals surface area contributed by atoms with Crippen LogP contribution < -0.4 is 0 Å². The van der Waals surface area contributed by atoms with Crippen molar-refractivity contribution in [2.75, 3.05) is 45.9 Å². The maximum Gasteiger partial charge on any atom is 0.328 e. The van der Waals surface area contributed by atoms with Crippen molar-refractivity contribution >= 4 is 41.9 Å². The Labute approximate surface area is 302 Å². The van der Waals surface area contributed by atoms with Crippen LogP contribution in [-0.4, -0.2) is 129 Å². The second-order valence-electron chi connectivity index (χ2n) is 12.8. The van der Waals surface area contributed by atoms with E-state index < -0.39 is 29.7 Å². The number of carbonyl (C=O) groups excluding carboxylic acids is 1. The molecule has 1 aliphatic carbocycles. The first-order valence-electron chi connectivity index (χ1n) is 16.9. The maximum absolute atomic E-state index is 12.9. The zero-order chi connectivity index (χ0) is 38.4. The number of rotatable bonds is 10. The molecule has 1 atom stereocenters. The Balaban J connectivity index is 0.000000380. The number of amides is 1. The van der Waals surface area contributed by atoms with E-state index >= 15 is 0 Å². The minimum absolute atomic E-state index is 0.0187. The highest BCUT2D eigenvalue weighted by Crippen LogP contribution is 2.45. The van der Waals surface area contributed by atoms with E-state index in [1.54, 1.807) is 0 Å². The van der Waals surface area contributed by atoms with Gasteiger partial charge in [0.2, 0.25) is 11.7 Å². The number of hydrogen-bond donors (Lipinski definition) is 4. The molecule has 14 nitrogen and oxygen atoms in total. The summed E-state index contributed by atoms with van der Waals surface area (Å²) in [4.78, 5) is 57.8. The molecular weight excluding hydrogens is 674 g/mol. The molecule has 2 fully saturated rings. The number of benzene rings is 2. The van der Waals surface area contributed by atoms with Crippen LogP contribution in [0.1, 0.15) is 49.9 Å². The second-order valence-corrected chi connectivity index (χ2v) is 12.8. The number of carboxylic acids is 4. The first kappa shape index (κ1) is 41.3. The lowest BCUT2D eigenvalue weighted by Gasteiger charge is -2.38. The van der Waals surface area contributed by atoms with E-state index in [9.17, 15) is 24.0 Å². The standard InChI is InChI=1S/C30H39N3O3.2C4H4O4/c1-22(2)33(23(3)4)29(34)20-32-17-15-31(16-18-32)19-26-21-35-30(36-26)27-11-7-5-9-24(27)13-14-25-10-6-8-12-28(25)30;2*5-3(6)1-2-4(7)8/h5-14,22-23,26H,15-21H2,1-4H3;2*1-2H,(H,5,6)(H,7,8)/b;2*2-1+. The number of piperazine rings is 1. The van der Waals surface area contributed by atoms with Gasteiger partial charge in [-0.1, -0.05) is 60.7 Å². The SMILES string of the molecule is CC(C)N(C(=O)CN1CCN(CC2COC3(O2)c2ccccc2C=Cc2ccccc23)CC1)C(C)C.O=C(O)/C=C/C(=O)O.O=C(O)/C=C/C(=O)O. The summed E-state index contributed by atoms with van der Waals surface area (Å²) in [7, 11) is 0. The second kappa shape index (κ2) is 19.5.